The van der Waals surface area contributed by atoms with E-state index >= 15 is 0 Å². The molecule has 2 amide bonds. The first-order chi connectivity index (χ1) is 18.3. The minimum absolute atomic E-state index is 0.0953. The van der Waals surface area contributed by atoms with E-state index in [2.05, 4.69) is 38.1 Å². The van der Waals surface area contributed by atoms with Crippen molar-refractivity contribution in [2.75, 3.05) is 26.0 Å². The number of likely N-dealkylation sites (tertiary alicyclic amines) is 1. The molecule has 1 aliphatic heterocycles. The Balaban J connectivity index is 0.000000687. The van der Waals surface area contributed by atoms with Gasteiger partial charge >= 0.3 is 0 Å². The number of benzene rings is 1. The van der Waals surface area contributed by atoms with Crippen molar-refractivity contribution in [2.45, 2.75) is 40.5 Å². The molecule has 0 radical (unpaired) electrons. The third-order valence-corrected chi connectivity index (χ3v) is 5.71. The molecular formula is C29H41BrClN5O2. The molecule has 1 fully saturated rings. The molecule has 3 N–H and O–H groups in total. The summed E-state index contributed by atoms with van der Waals surface area (Å²) in [6, 6.07) is 7.15. The highest BCUT2D eigenvalue weighted by molar-refractivity contribution is 9.11. The minimum atomic E-state index is -0.287. The molecule has 1 heterocycles. The second kappa shape index (κ2) is 21.0. The number of amidine groups is 2. The first-order valence-electron chi connectivity index (χ1n) is 12.7. The lowest BCUT2D eigenvalue weighted by Crippen LogP contribution is -2.42. The van der Waals surface area contributed by atoms with Crippen LogP contribution < -0.4 is 10.6 Å². The van der Waals surface area contributed by atoms with Crippen molar-refractivity contribution in [2.24, 2.45) is 10.9 Å². The molecule has 1 unspecified atom stereocenters. The number of halogens is 2. The van der Waals surface area contributed by atoms with E-state index in [-0.39, 0.29) is 17.7 Å². The molecule has 1 saturated heterocycles. The normalized spacial score (nSPS) is 13.9. The van der Waals surface area contributed by atoms with E-state index in [1.165, 1.54) is 12.6 Å². The molecule has 1 aliphatic rings. The molecule has 1 atom stereocenters. The molecule has 0 aliphatic carbocycles. The Morgan fingerprint density at radius 1 is 1.18 bits per heavy atom. The van der Waals surface area contributed by atoms with Crippen LogP contribution in [0, 0.1) is 11.3 Å². The van der Waals surface area contributed by atoms with Gasteiger partial charge in [-0.05, 0) is 31.1 Å². The number of carbonyl (C=O) groups is 2. The number of rotatable bonds is 9. The zero-order valence-corrected chi connectivity index (χ0v) is 25.4. The number of amides is 2. The Kier molecular flexibility index (Phi) is 19.4. The van der Waals surface area contributed by atoms with Crippen LogP contribution in [0.3, 0.4) is 0 Å². The molecule has 0 bridgehead atoms. The highest BCUT2D eigenvalue weighted by Gasteiger charge is 2.18. The second-order valence-electron chi connectivity index (χ2n) is 7.74. The largest absolute Gasteiger partial charge is 0.356 e. The summed E-state index contributed by atoms with van der Waals surface area (Å²) >= 11 is 8.96. The predicted octanol–water partition coefficient (Wildman–Crippen LogP) is 6.42. The van der Waals surface area contributed by atoms with Crippen molar-refractivity contribution < 1.29 is 9.59 Å². The smallest absolute Gasteiger partial charge is 0.251 e. The van der Waals surface area contributed by atoms with Gasteiger partial charge in [0.05, 0.1) is 5.92 Å². The molecular weight excluding hydrogens is 566 g/mol. The van der Waals surface area contributed by atoms with E-state index < -0.39 is 0 Å². The van der Waals surface area contributed by atoms with Crippen LogP contribution in [-0.4, -0.2) is 54.4 Å². The van der Waals surface area contributed by atoms with Crippen molar-refractivity contribution in [3.05, 3.63) is 83.0 Å². The van der Waals surface area contributed by atoms with Gasteiger partial charge in [0.1, 0.15) is 11.7 Å². The minimum Gasteiger partial charge on any atom is -0.356 e. The average Bonchev–Trinajstić information content (AvgIpc) is 2.90. The highest BCUT2D eigenvalue weighted by Crippen LogP contribution is 2.13. The van der Waals surface area contributed by atoms with E-state index in [0.717, 1.165) is 29.6 Å². The predicted molar refractivity (Wildman–Crippen MR) is 165 cm³/mol. The van der Waals surface area contributed by atoms with Crippen molar-refractivity contribution in [1.29, 1.82) is 5.41 Å². The van der Waals surface area contributed by atoms with Crippen LogP contribution in [0.15, 0.2) is 76.9 Å². The average molecular weight is 607 g/mol. The SMILES string of the molecule is C=CN=C(/C=C\CCl)NC(=O)C(C)/C=C(Br)\C=C/CC.CC.CNC(=O)c1ccc(C(=N)N2CCC2)cc1. The van der Waals surface area contributed by atoms with Gasteiger partial charge in [0.25, 0.3) is 5.91 Å². The van der Waals surface area contributed by atoms with Crippen LogP contribution in [0.4, 0.5) is 0 Å². The van der Waals surface area contributed by atoms with Crippen LogP contribution >= 0.6 is 27.5 Å². The quantitative estimate of drug-likeness (QED) is 0.131. The summed E-state index contributed by atoms with van der Waals surface area (Å²) in [5.41, 5.74) is 1.50. The zero-order chi connectivity index (χ0) is 28.9. The van der Waals surface area contributed by atoms with E-state index in [1.54, 1.807) is 31.3 Å². The lowest BCUT2D eigenvalue weighted by Gasteiger charge is -2.33. The first kappa shape index (κ1) is 35.0. The molecule has 1 aromatic rings. The third-order valence-electron chi connectivity index (χ3n) is 5.00. The Labute approximate surface area is 241 Å². The molecule has 38 heavy (non-hydrogen) atoms. The Morgan fingerprint density at radius 2 is 1.79 bits per heavy atom. The van der Waals surface area contributed by atoms with Gasteiger partial charge in [-0.3, -0.25) is 15.0 Å². The van der Waals surface area contributed by atoms with Crippen molar-refractivity contribution >= 4 is 51.0 Å². The van der Waals surface area contributed by atoms with Gasteiger partial charge in [0, 0.05) is 47.8 Å². The Morgan fingerprint density at radius 3 is 2.26 bits per heavy atom. The maximum absolute atomic E-state index is 12.0. The maximum Gasteiger partial charge on any atom is 0.251 e. The van der Waals surface area contributed by atoms with Gasteiger partial charge in [-0.25, -0.2) is 4.99 Å². The summed E-state index contributed by atoms with van der Waals surface area (Å²) in [7, 11) is 1.61. The van der Waals surface area contributed by atoms with Crippen molar-refractivity contribution in [1.82, 2.24) is 15.5 Å². The van der Waals surface area contributed by atoms with Crippen LogP contribution in [0.1, 0.15) is 56.5 Å². The maximum atomic E-state index is 12.0. The van der Waals surface area contributed by atoms with Gasteiger partial charge in [-0.2, -0.15) is 0 Å². The molecule has 0 spiro atoms. The van der Waals surface area contributed by atoms with E-state index in [9.17, 15) is 9.59 Å². The van der Waals surface area contributed by atoms with Gasteiger partial charge in [0.2, 0.25) is 5.91 Å². The fraction of sp³-hybridized carbons (Fsp3) is 0.379. The van der Waals surface area contributed by atoms with Crippen molar-refractivity contribution in [3.8, 4) is 0 Å². The fourth-order valence-electron chi connectivity index (χ4n) is 2.86. The number of hydrogen-bond donors (Lipinski definition) is 3. The molecule has 2 rings (SSSR count). The Bertz CT molecular complexity index is 1010. The first-order valence-corrected chi connectivity index (χ1v) is 14.0. The number of alkyl halides is 1. The van der Waals surface area contributed by atoms with Crippen molar-refractivity contribution in [3.63, 3.8) is 0 Å². The molecule has 9 heteroatoms. The molecule has 1 aromatic carbocycles. The van der Waals surface area contributed by atoms with Gasteiger partial charge in [-0.1, -0.05) is 86.6 Å². The fourth-order valence-corrected chi connectivity index (χ4v) is 3.53. The summed E-state index contributed by atoms with van der Waals surface area (Å²) in [6.45, 7) is 13.3. The molecule has 7 nitrogen and oxygen atoms in total. The van der Waals surface area contributed by atoms with Crippen LogP contribution in [-0.2, 0) is 4.79 Å². The number of hydrogen-bond acceptors (Lipinski definition) is 4. The van der Waals surface area contributed by atoms with Crippen LogP contribution in [0.5, 0.6) is 0 Å². The van der Waals surface area contributed by atoms with Gasteiger partial charge < -0.3 is 15.5 Å². The summed E-state index contributed by atoms with van der Waals surface area (Å²) < 4.78 is 0.875. The molecule has 0 aromatic heterocycles. The molecule has 0 saturated carbocycles. The monoisotopic (exact) mass is 605 g/mol. The number of allylic oxidation sites excluding steroid dienone is 4. The number of carbonyl (C=O) groups excluding carboxylic acids is 2. The lowest BCUT2D eigenvalue weighted by atomic mass is 10.1. The van der Waals surface area contributed by atoms with Crippen LogP contribution in [0.25, 0.3) is 0 Å². The van der Waals surface area contributed by atoms with Crippen LogP contribution in [0.2, 0.25) is 0 Å². The molecule has 208 valence electrons. The summed E-state index contributed by atoms with van der Waals surface area (Å²) in [5, 5.41) is 13.2. The zero-order valence-electron chi connectivity index (χ0n) is 23.1. The summed E-state index contributed by atoms with van der Waals surface area (Å²) in [4.78, 5) is 29.3. The third kappa shape index (κ3) is 13.5. The van der Waals surface area contributed by atoms with Gasteiger partial charge in [0.15, 0.2) is 0 Å². The standard InChI is InChI=1S/C15H20BrClN2O.C12H15N3O.C2H6/c1-4-6-8-13(16)11-12(3)15(20)19-14(18-5-2)9-7-10-17;1-14-12(16)10-5-3-9(4-6-10)11(13)15-7-2-8-15;1-2/h5-9,11-12H,2,4,10H2,1,3H3,(H,18,19,20);3-6,13H,2,7-8H2,1H3,(H,14,16);1-2H3/b8-6-,9-7-,13-11+;;. The van der Waals surface area contributed by atoms with E-state index in [0.29, 0.717) is 23.1 Å². The Hall–Kier alpha value is -2.97. The number of nitrogens with one attached hydrogen (secondary N) is 3. The van der Waals surface area contributed by atoms with E-state index in [1.807, 2.05) is 63.0 Å². The van der Waals surface area contributed by atoms with Gasteiger partial charge in [-0.15, -0.1) is 11.6 Å². The lowest BCUT2D eigenvalue weighted by molar-refractivity contribution is -0.121. The summed E-state index contributed by atoms with van der Waals surface area (Å²) in [6.07, 6.45) is 12.6. The number of nitrogens with zero attached hydrogens (tertiary/aromatic N) is 2. The second-order valence-corrected chi connectivity index (χ2v) is 8.96. The summed E-state index contributed by atoms with van der Waals surface area (Å²) in [5.74, 6) is 0.800. The van der Waals surface area contributed by atoms with E-state index in [4.69, 9.17) is 17.0 Å². The number of aliphatic imine (C=N–C) groups is 1. The topological polar surface area (TPSA) is 97.6 Å². The highest BCUT2D eigenvalue weighted by atomic mass is 79.9.